The van der Waals surface area contributed by atoms with Gasteiger partial charge in [-0.25, -0.2) is 0 Å². The van der Waals surface area contributed by atoms with E-state index in [0.717, 1.165) is 65.9 Å². The minimum Gasteiger partial charge on any atom is -0.392 e. The number of carbonyl (C=O) groups excluding carboxylic acids is 1. The van der Waals surface area contributed by atoms with Crippen molar-refractivity contribution < 1.29 is 14.4 Å². The predicted octanol–water partition coefficient (Wildman–Crippen LogP) is 6.70. The molecule has 248 valence electrons. The Balaban J connectivity index is 1.09. The van der Waals surface area contributed by atoms with E-state index in [2.05, 4.69) is 36.3 Å². The second kappa shape index (κ2) is 14.3. The number of aliphatic hydroxyl groups excluding tert-OH is 1. The number of aromatic nitrogens is 3. The van der Waals surface area contributed by atoms with Crippen molar-refractivity contribution in [1.29, 1.82) is 5.26 Å². The molecular formula is C38H36ClN7O3. The number of anilines is 1. The topological polar surface area (TPSA) is 131 Å². The number of likely N-dealkylation sites (tertiary alicyclic amines) is 2. The van der Waals surface area contributed by atoms with Crippen molar-refractivity contribution in [2.24, 2.45) is 0 Å². The number of hydrogen-bond acceptors (Lipinski definition) is 9. The van der Waals surface area contributed by atoms with Gasteiger partial charge in [-0.15, -0.1) is 0 Å². The van der Waals surface area contributed by atoms with Crippen LogP contribution in [0.25, 0.3) is 34.2 Å². The Morgan fingerprint density at radius 1 is 1.06 bits per heavy atom. The first-order chi connectivity index (χ1) is 23.9. The Labute approximate surface area is 289 Å². The molecule has 7 rings (SSSR count). The fraction of sp³-hybridized carbons (Fsp3) is 0.289. The lowest BCUT2D eigenvalue weighted by atomic mass is 9.94. The molecule has 2 fully saturated rings. The van der Waals surface area contributed by atoms with Gasteiger partial charge < -0.3 is 14.9 Å². The Morgan fingerprint density at radius 2 is 1.92 bits per heavy atom. The van der Waals surface area contributed by atoms with E-state index >= 15 is 0 Å². The summed E-state index contributed by atoms with van der Waals surface area (Å²) >= 11 is 6.78. The zero-order chi connectivity index (χ0) is 33.9. The number of pyridine rings is 2. The molecule has 0 unspecified atom stereocenters. The summed E-state index contributed by atoms with van der Waals surface area (Å²) in [4.78, 5) is 26.6. The van der Waals surface area contributed by atoms with E-state index in [4.69, 9.17) is 16.1 Å². The number of hydrogen-bond donors (Lipinski definition) is 2. The van der Waals surface area contributed by atoms with Gasteiger partial charge in [-0.3, -0.25) is 24.6 Å². The molecule has 0 spiro atoms. The average molecular weight is 674 g/mol. The van der Waals surface area contributed by atoms with Gasteiger partial charge in [0.25, 0.3) is 5.91 Å². The monoisotopic (exact) mass is 673 g/mol. The maximum absolute atomic E-state index is 13.2. The predicted molar refractivity (Wildman–Crippen MR) is 190 cm³/mol. The van der Waals surface area contributed by atoms with E-state index in [-0.39, 0.29) is 12.0 Å². The highest BCUT2D eigenvalue weighted by Crippen LogP contribution is 2.34. The molecule has 5 heterocycles. The quantitative estimate of drug-likeness (QED) is 0.175. The van der Waals surface area contributed by atoms with Crippen LogP contribution in [0.3, 0.4) is 0 Å². The Bertz CT molecular complexity index is 2080. The van der Waals surface area contributed by atoms with Gasteiger partial charge in [-0.1, -0.05) is 47.1 Å². The number of nitriles is 1. The van der Waals surface area contributed by atoms with Crippen molar-refractivity contribution in [1.82, 2.24) is 24.9 Å². The molecule has 3 aromatic heterocycles. The van der Waals surface area contributed by atoms with Crippen LogP contribution in [0, 0.1) is 18.3 Å². The number of rotatable bonds is 9. The van der Waals surface area contributed by atoms with Gasteiger partial charge in [0.15, 0.2) is 5.58 Å². The molecule has 5 aromatic rings. The number of nitrogens with zero attached hydrogens (tertiary/aromatic N) is 6. The molecule has 10 nitrogen and oxygen atoms in total. The second-order valence-corrected chi connectivity index (χ2v) is 13.1. The number of β-amino-alcohol motifs (C(OH)–C–C–N with tert-alkyl or cyclic N) is 1. The van der Waals surface area contributed by atoms with Gasteiger partial charge in [0.1, 0.15) is 17.5 Å². The molecule has 0 radical (unpaired) electrons. The van der Waals surface area contributed by atoms with Crippen LogP contribution in [0.5, 0.6) is 0 Å². The minimum absolute atomic E-state index is 0.282. The number of fused-ring (bicyclic) bond motifs is 1. The zero-order valence-electron chi connectivity index (χ0n) is 27.2. The molecule has 49 heavy (non-hydrogen) atoms. The highest BCUT2D eigenvalue weighted by atomic mass is 35.5. The smallest absolute Gasteiger partial charge is 0.274 e. The number of amides is 1. The molecule has 1 amide bonds. The second-order valence-electron chi connectivity index (χ2n) is 12.7. The number of benzene rings is 2. The maximum atomic E-state index is 13.2. The van der Waals surface area contributed by atoms with E-state index < -0.39 is 0 Å². The number of nitrogens with one attached hydrogen (secondary N) is 1. The molecule has 2 saturated heterocycles. The lowest BCUT2D eigenvalue weighted by Crippen LogP contribution is -2.21. The van der Waals surface area contributed by atoms with Gasteiger partial charge in [-0.05, 0) is 91.9 Å². The molecule has 0 aliphatic carbocycles. The van der Waals surface area contributed by atoms with Crippen molar-refractivity contribution in [3.05, 3.63) is 105 Å². The number of aliphatic hydroxyl groups is 1. The van der Waals surface area contributed by atoms with Crippen molar-refractivity contribution in [2.75, 3.05) is 31.5 Å². The normalized spacial score (nSPS) is 16.9. The first-order valence-corrected chi connectivity index (χ1v) is 16.9. The molecule has 2 aliphatic rings. The summed E-state index contributed by atoms with van der Waals surface area (Å²) in [5.74, 6) is -0.328. The number of halogens is 1. The summed E-state index contributed by atoms with van der Waals surface area (Å²) in [6.07, 6.45) is 9.87. The van der Waals surface area contributed by atoms with Crippen molar-refractivity contribution in [3.8, 4) is 17.2 Å². The molecule has 2 N–H and O–H groups in total. The summed E-state index contributed by atoms with van der Waals surface area (Å²) in [5, 5.41) is 28.7. The molecular weight excluding hydrogens is 638 g/mol. The summed E-state index contributed by atoms with van der Waals surface area (Å²) in [6.45, 7) is 6.95. The third kappa shape index (κ3) is 6.98. The number of carbonyl (C=O) groups is 1. The van der Waals surface area contributed by atoms with E-state index in [1.165, 1.54) is 12.8 Å². The Morgan fingerprint density at radius 3 is 2.67 bits per heavy atom. The van der Waals surface area contributed by atoms with Gasteiger partial charge in [0.05, 0.1) is 22.4 Å². The molecule has 11 heteroatoms. The van der Waals surface area contributed by atoms with Crippen LogP contribution < -0.4 is 5.32 Å². The van der Waals surface area contributed by atoms with E-state index in [1.807, 2.05) is 49.4 Å². The van der Waals surface area contributed by atoms with E-state index in [0.29, 0.717) is 51.9 Å². The standard InChI is InChI=1S/C38H36ClN7O3/c1-24-28(5-4-6-32(24)43-38(48)34-11-7-25(20-42-34)21-46-18-14-27(47)22-46)29-13-15-41-33(31(29)19-40)12-9-26-8-10-30-35(23-45-16-2-3-17-45)44-49-37(30)36(26)39/h4-13,15,20,27,47H,2-3,14,16-18,21-23H2,1H3,(H,43,48)/b12-9+/t27-/m1/s1. The Kier molecular flexibility index (Phi) is 9.51. The van der Waals surface area contributed by atoms with Crippen LogP contribution in [-0.2, 0) is 13.1 Å². The van der Waals surface area contributed by atoms with Gasteiger partial charge >= 0.3 is 0 Å². The van der Waals surface area contributed by atoms with Gasteiger partial charge in [0.2, 0.25) is 0 Å². The fourth-order valence-corrected chi connectivity index (χ4v) is 6.93. The SMILES string of the molecule is Cc1c(NC(=O)c2ccc(CN3CC[C@@H](O)C3)cn2)cccc1-c1ccnc(/C=C/c2ccc3c(CN4CCCC4)noc3c2Cl)c1C#N. The fourth-order valence-electron chi connectivity index (χ4n) is 6.66. The first-order valence-electron chi connectivity index (χ1n) is 16.5. The van der Waals surface area contributed by atoms with E-state index in [1.54, 1.807) is 30.6 Å². The highest BCUT2D eigenvalue weighted by Gasteiger charge is 2.21. The summed E-state index contributed by atoms with van der Waals surface area (Å²) < 4.78 is 5.66. The molecule has 1 atom stereocenters. The van der Waals surface area contributed by atoms with Gasteiger partial charge in [0, 0.05) is 55.2 Å². The molecule has 2 aliphatic heterocycles. The Hall–Kier alpha value is -4.92. The van der Waals surface area contributed by atoms with Crippen LogP contribution >= 0.6 is 11.6 Å². The van der Waals surface area contributed by atoms with E-state index in [9.17, 15) is 15.2 Å². The van der Waals surface area contributed by atoms with Crippen LogP contribution in [-0.4, -0.2) is 68.2 Å². The lowest BCUT2D eigenvalue weighted by molar-refractivity contribution is 0.102. The zero-order valence-corrected chi connectivity index (χ0v) is 28.0. The van der Waals surface area contributed by atoms with Gasteiger partial charge in [-0.2, -0.15) is 5.26 Å². The first kappa shape index (κ1) is 32.6. The lowest BCUT2D eigenvalue weighted by Gasteiger charge is -2.15. The average Bonchev–Trinajstić information content (AvgIpc) is 3.88. The summed E-state index contributed by atoms with van der Waals surface area (Å²) in [7, 11) is 0. The summed E-state index contributed by atoms with van der Waals surface area (Å²) in [5.41, 5.74) is 7.26. The molecule has 2 aromatic carbocycles. The van der Waals surface area contributed by atoms with Crippen molar-refractivity contribution in [3.63, 3.8) is 0 Å². The largest absolute Gasteiger partial charge is 0.392 e. The third-order valence-electron chi connectivity index (χ3n) is 9.35. The van der Waals surface area contributed by atoms with Crippen LogP contribution in [0.1, 0.15) is 63.4 Å². The van der Waals surface area contributed by atoms with Crippen molar-refractivity contribution in [2.45, 2.75) is 45.4 Å². The molecule has 0 saturated carbocycles. The molecule has 0 bridgehead atoms. The van der Waals surface area contributed by atoms with Crippen LogP contribution in [0.15, 0.2) is 65.4 Å². The third-order valence-corrected chi connectivity index (χ3v) is 9.74. The highest BCUT2D eigenvalue weighted by molar-refractivity contribution is 6.36. The maximum Gasteiger partial charge on any atom is 0.274 e. The van der Waals surface area contributed by atoms with Crippen LogP contribution in [0.2, 0.25) is 5.02 Å². The van der Waals surface area contributed by atoms with Crippen molar-refractivity contribution >= 4 is 46.3 Å². The minimum atomic E-state index is -0.328. The summed E-state index contributed by atoms with van der Waals surface area (Å²) in [6, 6.07) is 17.3. The van der Waals surface area contributed by atoms with Crippen LogP contribution in [0.4, 0.5) is 5.69 Å².